The van der Waals surface area contributed by atoms with Crippen LogP contribution in [0.4, 0.5) is 4.39 Å². The Kier molecular flexibility index (Phi) is 5.80. The monoisotopic (exact) mass is 345 g/mol. The number of carboxylic acids is 1. The lowest BCUT2D eigenvalue weighted by molar-refractivity contribution is -0.138. The van der Waals surface area contributed by atoms with Crippen molar-refractivity contribution in [2.45, 2.75) is 46.6 Å². The van der Waals surface area contributed by atoms with Crippen molar-refractivity contribution in [3.8, 4) is 11.5 Å². The summed E-state index contributed by atoms with van der Waals surface area (Å²) in [6.45, 7) is 7.42. The Balaban J connectivity index is 2.32. The highest BCUT2D eigenvalue weighted by Gasteiger charge is 2.15. The Hall–Kier alpha value is -2.40. The molecule has 1 atom stereocenters. The number of rotatable bonds is 6. The molecule has 0 bridgehead atoms. The van der Waals surface area contributed by atoms with Gasteiger partial charge in [-0.1, -0.05) is 19.1 Å². The number of carboxylic acid groups (broad SMARTS) is 1. The summed E-state index contributed by atoms with van der Waals surface area (Å²) in [4.78, 5) is 10.9. The third-order valence-electron chi connectivity index (χ3n) is 4.20. The number of halogens is 1. The van der Waals surface area contributed by atoms with Crippen molar-refractivity contribution in [2.75, 3.05) is 0 Å². The number of ether oxygens (including phenoxy) is 1. The highest BCUT2D eigenvalue weighted by molar-refractivity contribution is 5.73. The molecule has 0 spiro atoms. The van der Waals surface area contributed by atoms with Crippen molar-refractivity contribution in [2.24, 2.45) is 5.73 Å². The zero-order valence-corrected chi connectivity index (χ0v) is 15.0. The van der Waals surface area contributed by atoms with Gasteiger partial charge in [0, 0.05) is 0 Å². The quantitative estimate of drug-likeness (QED) is 0.828. The van der Waals surface area contributed by atoms with E-state index in [-0.39, 0.29) is 12.2 Å². The van der Waals surface area contributed by atoms with Crippen molar-refractivity contribution < 1.29 is 19.0 Å². The van der Waals surface area contributed by atoms with E-state index in [2.05, 4.69) is 0 Å². The first-order valence-electron chi connectivity index (χ1n) is 8.28. The first-order chi connectivity index (χ1) is 11.7. The average Bonchev–Trinajstić information content (AvgIpc) is 2.53. The summed E-state index contributed by atoms with van der Waals surface area (Å²) in [7, 11) is 0. The molecular formula is C20H24FNO3. The van der Waals surface area contributed by atoms with Crippen LogP contribution in [0.5, 0.6) is 11.5 Å². The van der Waals surface area contributed by atoms with Gasteiger partial charge in [-0.15, -0.1) is 0 Å². The van der Waals surface area contributed by atoms with Crippen molar-refractivity contribution in [1.29, 1.82) is 0 Å². The minimum absolute atomic E-state index is 0.193. The van der Waals surface area contributed by atoms with Gasteiger partial charge in [-0.25, -0.2) is 4.39 Å². The molecule has 0 amide bonds. The number of carbonyl (C=O) groups is 1. The van der Waals surface area contributed by atoms with Gasteiger partial charge in [-0.3, -0.25) is 4.79 Å². The Bertz CT molecular complexity index is 779. The van der Waals surface area contributed by atoms with Crippen molar-refractivity contribution >= 4 is 5.97 Å². The highest BCUT2D eigenvalue weighted by atomic mass is 19.1. The van der Waals surface area contributed by atoms with Crippen molar-refractivity contribution in [3.05, 3.63) is 57.9 Å². The van der Waals surface area contributed by atoms with Crippen LogP contribution in [0.15, 0.2) is 24.3 Å². The molecule has 2 aromatic rings. The minimum atomic E-state index is -1.02. The summed E-state index contributed by atoms with van der Waals surface area (Å²) in [6, 6.07) is 6.22. The zero-order valence-electron chi connectivity index (χ0n) is 15.0. The van der Waals surface area contributed by atoms with Gasteiger partial charge in [0.25, 0.3) is 0 Å². The highest BCUT2D eigenvalue weighted by Crippen LogP contribution is 2.32. The molecule has 4 nitrogen and oxygen atoms in total. The molecule has 134 valence electrons. The summed E-state index contributed by atoms with van der Waals surface area (Å²) in [5, 5.41) is 8.95. The summed E-state index contributed by atoms with van der Waals surface area (Å²) >= 11 is 0. The first kappa shape index (κ1) is 18.9. The maximum absolute atomic E-state index is 14.0. The molecule has 1 unspecified atom stereocenters. The lowest BCUT2D eigenvalue weighted by Crippen LogP contribution is -2.32. The minimum Gasteiger partial charge on any atom is -0.480 e. The molecule has 0 saturated heterocycles. The molecule has 2 rings (SSSR count). The molecule has 25 heavy (non-hydrogen) atoms. The van der Waals surface area contributed by atoms with Crippen LogP contribution in [-0.4, -0.2) is 17.1 Å². The lowest BCUT2D eigenvalue weighted by atomic mass is 10.0. The standard InChI is InChI=1S/C20H24FNO3/c1-5-15-10-16(8-11(2)18(15)21)25-19-12(3)6-14(7-13(19)4)9-17(22)20(23)24/h6-8,10,17H,5,9,22H2,1-4H3,(H,23,24). The van der Waals surface area contributed by atoms with E-state index in [1.807, 2.05) is 32.9 Å². The van der Waals surface area contributed by atoms with Crippen LogP contribution in [0.2, 0.25) is 0 Å². The predicted molar refractivity (Wildman–Crippen MR) is 95.8 cm³/mol. The fraction of sp³-hybridized carbons (Fsp3) is 0.350. The van der Waals surface area contributed by atoms with Crippen LogP contribution in [-0.2, 0) is 17.6 Å². The molecule has 0 fully saturated rings. The number of nitrogens with two attached hydrogens (primary N) is 1. The average molecular weight is 345 g/mol. The molecule has 0 radical (unpaired) electrons. The summed E-state index contributed by atoms with van der Waals surface area (Å²) in [5.41, 5.74) is 9.39. The van der Waals surface area contributed by atoms with E-state index >= 15 is 0 Å². The topological polar surface area (TPSA) is 72.5 Å². The molecule has 0 aliphatic carbocycles. The van der Waals surface area contributed by atoms with Gasteiger partial charge in [0.15, 0.2) is 0 Å². The Morgan fingerprint density at radius 2 is 1.76 bits per heavy atom. The Labute approximate surface area is 147 Å². The summed E-state index contributed by atoms with van der Waals surface area (Å²) < 4.78 is 20.0. The molecule has 3 N–H and O–H groups in total. The summed E-state index contributed by atoms with van der Waals surface area (Å²) in [5.74, 6) is 0.0726. The molecule has 0 saturated carbocycles. The Morgan fingerprint density at radius 3 is 2.28 bits per heavy atom. The largest absolute Gasteiger partial charge is 0.480 e. The molecule has 0 aliphatic heterocycles. The van der Waals surface area contributed by atoms with Crippen LogP contribution in [0.3, 0.4) is 0 Å². The normalized spacial score (nSPS) is 12.1. The van der Waals surface area contributed by atoms with Crippen molar-refractivity contribution in [3.63, 3.8) is 0 Å². The maximum Gasteiger partial charge on any atom is 0.320 e. The van der Waals surface area contributed by atoms with Gasteiger partial charge in [0.2, 0.25) is 0 Å². The van der Waals surface area contributed by atoms with Gasteiger partial charge >= 0.3 is 5.97 Å². The van der Waals surface area contributed by atoms with Crippen LogP contribution >= 0.6 is 0 Å². The third-order valence-corrected chi connectivity index (χ3v) is 4.20. The number of hydrogen-bond donors (Lipinski definition) is 2. The molecule has 0 heterocycles. The van der Waals surface area contributed by atoms with E-state index in [4.69, 9.17) is 15.6 Å². The number of aryl methyl sites for hydroxylation is 4. The zero-order chi connectivity index (χ0) is 18.7. The van der Waals surface area contributed by atoms with Gasteiger partial charge in [-0.05, 0) is 73.6 Å². The molecule has 0 aliphatic rings. The molecular weight excluding hydrogens is 321 g/mol. The third kappa shape index (κ3) is 4.37. The van der Waals surface area contributed by atoms with Crippen LogP contribution in [0.1, 0.15) is 34.7 Å². The lowest BCUT2D eigenvalue weighted by Gasteiger charge is -2.16. The van der Waals surface area contributed by atoms with E-state index in [1.54, 1.807) is 19.1 Å². The van der Waals surface area contributed by atoms with Crippen molar-refractivity contribution in [1.82, 2.24) is 0 Å². The van der Waals surface area contributed by atoms with Gasteiger partial charge < -0.3 is 15.6 Å². The molecule has 0 aromatic heterocycles. The van der Waals surface area contributed by atoms with E-state index < -0.39 is 12.0 Å². The second-order valence-electron chi connectivity index (χ2n) is 6.38. The number of aliphatic carboxylic acids is 1. The molecule has 5 heteroatoms. The van der Waals surface area contributed by atoms with E-state index in [0.717, 1.165) is 16.7 Å². The summed E-state index contributed by atoms with van der Waals surface area (Å²) in [6.07, 6.45) is 0.848. The maximum atomic E-state index is 14.0. The van der Waals surface area contributed by atoms with Crippen LogP contribution < -0.4 is 10.5 Å². The van der Waals surface area contributed by atoms with Crippen LogP contribution in [0, 0.1) is 26.6 Å². The number of benzene rings is 2. The fourth-order valence-electron chi connectivity index (χ4n) is 2.90. The van der Waals surface area contributed by atoms with Gasteiger partial charge in [0.05, 0.1) is 0 Å². The van der Waals surface area contributed by atoms with Crippen LogP contribution in [0.25, 0.3) is 0 Å². The van der Waals surface area contributed by atoms with E-state index in [0.29, 0.717) is 29.0 Å². The second-order valence-corrected chi connectivity index (χ2v) is 6.38. The predicted octanol–water partition coefficient (Wildman–Crippen LogP) is 4.06. The Morgan fingerprint density at radius 1 is 1.16 bits per heavy atom. The first-order valence-corrected chi connectivity index (χ1v) is 8.28. The second kappa shape index (κ2) is 7.66. The van der Waals surface area contributed by atoms with Gasteiger partial charge in [-0.2, -0.15) is 0 Å². The number of hydrogen-bond acceptors (Lipinski definition) is 3. The van der Waals surface area contributed by atoms with E-state index in [1.165, 1.54) is 0 Å². The fourth-order valence-corrected chi connectivity index (χ4v) is 2.90. The molecule has 2 aromatic carbocycles. The van der Waals surface area contributed by atoms with E-state index in [9.17, 15) is 9.18 Å². The SMILES string of the molecule is CCc1cc(Oc2c(C)cc(CC(N)C(=O)O)cc2C)cc(C)c1F. The van der Waals surface area contributed by atoms with Gasteiger partial charge in [0.1, 0.15) is 23.4 Å². The smallest absolute Gasteiger partial charge is 0.320 e.